The first-order valence-electron chi connectivity index (χ1n) is 41.3. The molecule has 0 heterocycles. The number of unbranched alkanes of at least 4 members (excludes halogenated alkanes) is 68. The number of esters is 1. The van der Waals surface area contributed by atoms with Gasteiger partial charge in [-0.15, -0.1) is 0 Å². The third-order valence-electron chi connectivity index (χ3n) is 19.9. The van der Waals surface area contributed by atoms with Crippen molar-refractivity contribution in [3.63, 3.8) is 0 Å². The van der Waals surface area contributed by atoms with E-state index in [0.29, 0.717) is 25.9 Å². The molecule has 0 aliphatic rings. The number of hydrogen-bond donors (Lipinski definition) is 3. The number of ether oxygens (including phenoxy) is 1. The molecule has 0 aromatic carbocycles. The van der Waals surface area contributed by atoms with Gasteiger partial charge in [-0.25, -0.2) is 0 Å². The second kappa shape index (κ2) is 78.3. The van der Waals surface area contributed by atoms with Crippen molar-refractivity contribution in [2.24, 2.45) is 0 Å². The predicted octanol–water partition coefficient (Wildman–Crippen LogP) is 27.3. The Morgan fingerprint density at radius 1 is 0.273 bits per heavy atom. The molecule has 2 atom stereocenters. The van der Waals surface area contributed by atoms with Crippen molar-refractivity contribution in [3.8, 4) is 0 Å². The Kier molecular flexibility index (Phi) is 77.3. The molecule has 0 spiro atoms. The van der Waals surface area contributed by atoms with E-state index < -0.39 is 12.1 Å². The third kappa shape index (κ3) is 73.9. The highest BCUT2D eigenvalue weighted by Gasteiger charge is 2.20. The highest BCUT2D eigenvalue weighted by atomic mass is 16.5. The van der Waals surface area contributed by atoms with Crippen LogP contribution in [0.15, 0.2) is 0 Å². The summed E-state index contributed by atoms with van der Waals surface area (Å²) in [7, 11) is 0. The molecule has 0 saturated heterocycles. The summed E-state index contributed by atoms with van der Waals surface area (Å²) in [5.74, 6) is 0.00481. The molecule has 2 unspecified atom stereocenters. The molecule has 0 aromatic heterocycles. The summed E-state index contributed by atoms with van der Waals surface area (Å²) in [5, 5.41) is 23.4. The van der Waals surface area contributed by atoms with Gasteiger partial charge in [-0.3, -0.25) is 9.59 Å². The zero-order chi connectivity index (χ0) is 63.5. The molecule has 0 aromatic rings. The topological polar surface area (TPSA) is 95.9 Å². The first-order chi connectivity index (χ1) is 43.5. The molecular formula is C82H163NO5. The van der Waals surface area contributed by atoms with Crippen LogP contribution in [0, 0.1) is 0 Å². The Balaban J connectivity index is 3.28. The molecule has 6 heteroatoms. The molecule has 0 fully saturated rings. The average Bonchev–Trinajstić information content (AvgIpc) is 3.58. The van der Waals surface area contributed by atoms with Gasteiger partial charge in [-0.2, -0.15) is 0 Å². The normalized spacial score (nSPS) is 12.4. The van der Waals surface area contributed by atoms with Crippen LogP contribution in [-0.4, -0.2) is 47.4 Å². The molecule has 1 amide bonds. The number of aliphatic hydroxyl groups excluding tert-OH is 2. The van der Waals surface area contributed by atoms with Gasteiger partial charge in [-0.05, 0) is 25.7 Å². The number of hydrogen-bond acceptors (Lipinski definition) is 5. The van der Waals surface area contributed by atoms with E-state index in [2.05, 4.69) is 19.2 Å². The minimum Gasteiger partial charge on any atom is -0.466 e. The minimum absolute atomic E-state index is 0.0241. The van der Waals surface area contributed by atoms with E-state index in [1.807, 2.05) is 0 Å². The van der Waals surface area contributed by atoms with Crippen LogP contribution in [0.5, 0.6) is 0 Å². The van der Waals surface area contributed by atoms with Crippen molar-refractivity contribution in [2.45, 2.75) is 501 Å². The molecule has 0 rings (SSSR count). The Bertz CT molecular complexity index is 1290. The number of nitrogens with one attached hydrogen (secondary N) is 1. The molecule has 526 valence electrons. The van der Waals surface area contributed by atoms with E-state index in [-0.39, 0.29) is 18.5 Å². The SMILES string of the molecule is CCCCCCCCCCCCCCCCCCCC(=O)OCCCCCCCCCCCCCCCCCCCCCCCCCCCCCCCCCCCCCCCC(=O)NC(CO)C(O)CCCCCCCCCCCCCCCCCCC. The van der Waals surface area contributed by atoms with Crippen LogP contribution in [-0.2, 0) is 14.3 Å². The van der Waals surface area contributed by atoms with Crippen LogP contribution in [0.2, 0.25) is 0 Å². The lowest BCUT2D eigenvalue weighted by Crippen LogP contribution is -2.45. The lowest BCUT2D eigenvalue weighted by molar-refractivity contribution is -0.143. The van der Waals surface area contributed by atoms with Crippen LogP contribution in [0.3, 0.4) is 0 Å². The van der Waals surface area contributed by atoms with E-state index in [4.69, 9.17) is 4.74 Å². The van der Waals surface area contributed by atoms with Gasteiger partial charge in [0.25, 0.3) is 0 Å². The predicted molar refractivity (Wildman–Crippen MR) is 389 cm³/mol. The number of aliphatic hydroxyl groups is 2. The first kappa shape index (κ1) is 86.9. The summed E-state index contributed by atoms with van der Waals surface area (Å²) in [5.41, 5.74) is 0. The number of carbonyl (C=O) groups excluding carboxylic acids is 2. The monoisotopic (exact) mass is 1240 g/mol. The molecule has 0 radical (unpaired) electrons. The van der Waals surface area contributed by atoms with Crippen molar-refractivity contribution >= 4 is 11.9 Å². The second-order valence-electron chi connectivity index (χ2n) is 28.8. The van der Waals surface area contributed by atoms with Gasteiger partial charge >= 0.3 is 5.97 Å². The van der Waals surface area contributed by atoms with Crippen LogP contribution < -0.4 is 5.32 Å². The van der Waals surface area contributed by atoms with Crippen LogP contribution in [0.4, 0.5) is 0 Å². The molecule has 88 heavy (non-hydrogen) atoms. The van der Waals surface area contributed by atoms with E-state index in [1.54, 1.807) is 0 Å². The van der Waals surface area contributed by atoms with Gasteiger partial charge in [0.2, 0.25) is 5.91 Å². The summed E-state index contributed by atoms with van der Waals surface area (Å²) in [6.07, 6.45) is 97.9. The van der Waals surface area contributed by atoms with Crippen molar-refractivity contribution < 1.29 is 24.5 Å². The van der Waals surface area contributed by atoms with Gasteiger partial charge in [-0.1, -0.05) is 450 Å². The summed E-state index contributed by atoms with van der Waals surface area (Å²) >= 11 is 0. The zero-order valence-corrected chi connectivity index (χ0v) is 60.5. The fourth-order valence-electron chi connectivity index (χ4n) is 13.6. The quantitative estimate of drug-likeness (QED) is 0.0417. The second-order valence-corrected chi connectivity index (χ2v) is 28.8. The van der Waals surface area contributed by atoms with Crippen molar-refractivity contribution in [2.75, 3.05) is 13.2 Å². The van der Waals surface area contributed by atoms with E-state index in [9.17, 15) is 19.8 Å². The van der Waals surface area contributed by atoms with Gasteiger partial charge < -0.3 is 20.3 Å². The lowest BCUT2D eigenvalue weighted by atomic mass is 10.0. The Labute approximate surface area is 553 Å². The highest BCUT2D eigenvalue weighted by Crippen LogP contribution is 2.21. The maximum atomic E-state index is 12.5. The highest BCUT2D eigenvalue weighted by molar-refractivity contribution is 5.76. The van der Waals surface area contributed by atoms with Crippen molar-refractivity contribution in [1.29, 1.82) is 0 Å². The van der Waals surface area contributed by atoms with Crippen molar-refractivity contribution in [3.05, 3.63) is 0 Å². The lowest BCUT2D eigenvalue weighted by Gasteiger charge is -2.22. The maximum absolute atomic E-state index is 12.5. The summed E-state index contributed by atoms with van der Waals surface area (Å²) in [6.45, 7) is 5.02. The summed E-state index contributed by atoms with van der Waals surface area (Å²) < 4.78 is 5.52. The Morgan fingerprint density at radius 2 is 0.466 bits per heavy atom. The van der Waals surface area contributed by atoms with Gasteiger partial charge in [0.15, 0.2) is 0 Å². The largest absolute Gasteiger partial charge is 0.466 e. The summed E-state index contributed by atoms with van der Waals surface area (Å²) in [6, 6.07) is -0.536. The molecule has 3 N–H and O–H groups in total. The Morgan fingerprint density at radius 3 is 0.693 bits per heavy atom. The standard InChI is InChI=1S/C82H163NO5/c1-3-5-7-9-11-13-15-17-19-42-46-50-54-58-62-66-70-74-80(85)79(78-84)83-81(86)75-71-67-63-59-55-51-47-44-40-38-36-34-32-30-28-26-24-22-21-23-25-27-29-31-33-35-37-39-41-45-49-53-57-61-65-69-73-77-88-82(87)76-72-68-64-60-56-52-48-43-20-18-16-14-12-10-8-6-4-2/h79-80,84-85H,3-78H2,1-2H3,(H,83,86). The van der Waals surface area contributed by atoms with Gasteiger partial charge in [0, 0.05) is 12.8 Å². The van der Waals surface area contributed by atoms with Crippen LogP contribution in [0.25, 0.3) is 0 Å². The van der Waals surface area contributed by atoms with Crippen molar-refractivity contribution in [1.82, 2.24) is 5.32 Å². The van der Waals surface area contributed by atoms with Gasteiger partial charge in [0.1, 0.15) is 0 Å². The molecular weight excluding hydrogens is 1080 g/mol. The molecule has 0 saturated carbocycles. The van der Waals surface area contributed by atoms with Gasteiger partial charge in [0.05, 0.1) is 25.4 Å². The third-order valence-corrected chi connectivity index (χ3v) is 19.9. The first-order valence-corrected chi connectivity index (χ1v) is 41.3. The van der Waals surface area contributed by atoms with E-state index in [1.165, 1.54) is 417 Å². The number of carbonyl (C=O) groups is 2. The molecule has 0 aliphatic carbocycles. The van der Waals surface area contributed by atoms with E-state index >= 15 is 0 Å². The number of rotatable bonds is 79. The smallest absolute Gasteiger partial charge is 0.305 e. The fraction of sp³-hybridized carbons (Fsp3) is 0.976. The fourth-order valence-corrected chi connectivity index (χ4v) is 13.6. The minimum atomic E-state index is -0.659. The van der Waals surface area contributed by atoms with Crippen LogP contribution >= 0.6 is 0 Å². The Hall–Kier alpha value is -1.14. The van der Waals surface area contributed by atoms with E-state index in [0.717, 1.165) is 38.5 Å². The number of amides is 1. The molecule has 0 aliphatic heterocycles. The van der Waals surface area contributed by atoms with Crippen LogP contribution in [0.1, 0.15) is 489 Å². The zero-order valence-electron chi connectivity index (χ0n) is 60.5. The molecule has 6 nitrogen and oxygen atoms in total. The molecule has 0 bridgehead atoms. The summed E-state index contributed by atoms with van der Waals surface area (Å²) in [4.78, 5) is 24.7. The maximum Gasteiger partial charge on any atom is 0.305 e. The average molecular weight is 1240 g/mol.